The Labute approximate surface area is 224 Å². The van der Waals surface area contributed by atoms with Crippen molar-refractivity contribution in [3.05, 3.63) is 97.3 Å². The SMILES string of the molecule is NC(=O)c1ccc(-c2cccc(Cl)c2Cl)cc1Cn1nc(-c2ccc(Cl)cc2)n(CCC(F)(F)F)c1=O. The smallest absolute Gasteiger partial charge is 0.366 e. The number of carbonyl (C=O) groups is 1. The topological polar surface area (TPSA) is 82.9 Å². The van der Waals surface area contributed by atoms with Crippen LogP contribution in [0, 0.1) is 0 Å². The first kappa shape index (κ1) is 26.8. The monoisotopic (exact) mass is 568 g/mol. The van der Waals surface area contributed by atoms with Gasteiger partial charge in [-0.05, 0) is 53.6 Å². The van der Waals surface area contributed by atoms with Crippen molar-refractivity contribution in [3.8, 4) is 22.5 Å². The molecule has 4 rings (SSSR count). The van der Waals surface area contributed by atoms with Gasteiger partial charge in [0, 0.05) is 28.3 Å². The first-order chi connectivity index (χ1) is 17.4. The molecule has 0 fully saturated rings. The minimum Gasteiger partial charge on any atom is -0.366 e. The second-order valence-corrected chi connectivity index (χ2v) is 9.35. The average Bonchev–Trinajstić information content (AvgIpc) is 3.14. The zero-order valence-electron chi connectivity index (χ0n) is 18.9. The van der Waals surface area contributed by atoms with E-state index in [2.05, 4.69) is 5.10 Å². The summed E-state index contributed by atoms with van der Waals surface area (Å²) in [6, 6.07) is 16.0. The maximum atomic E-state index is 13.2. The molecule has 2 N–H and O–H groups in total. The first-order valence-corrected chi connectivity index (χ1v) is 12.0. The van der Waals surface area contributed by atoms with Gasteiger partial charge in [0.15, 0.2) is 5.82 Å². The molecule has 0 aliphatic carbocycles. The van der Waals surface area contributed by atoms with Crippen molar-refractivity contribution >= 4 is 40.7 Å². The molecule has 192 valence electrons. The van der Waals surface area contributed by atoms with Crippen molar-refractivity contribution in [2.24, 2.45) is 5.73 Å². The van der Waals surface area contributed by atoms with Gasteiger partial charge in [0.25, 0.3) is 0 Å². The molecule has 0 radical (unpaired) electrons. The van der Waals surface area contributed by atoms with Gasteiger partial charge in [-0.1, -0.05) is 53.0 Å². The number of hydrogen-bond donors (Lipinski definition) is 1. The summed E-state index contributed by atoms with van der Waals surface area (Å²) in [5.41, 5.74) is 6.78. The molecule has 4 aromatic rings. The standard InChI is InChI=1S/C25H18Cl3F3N4O2/c26-17-7-4-14(5-8-17)23-33-35(24(37)34(23)11-10-25(29,30)31)13-16-12-15(6-9-19(16)22(32)36)18-2-1-3-20(27)21(18)28/h1-9,12H,10-11,13H2,(H2,32,36). The Balaban J connectivity index is 1.82. The Morgan fingerprint density at radius 3 is 2.30 bits per heavy atom. The van der Waals surface area contributed by atoms with Crippen molar-refractivity contribution < 1.29 is 18.0 Å². The third-order valence-electron chi connectivity index (χ3n) is 5.60. The normalized spacial score (nSPS) is 11.6. The molecule has 1 amide bonds. The number of amides is 1. The number of nitrogens with two attached hydrogens (primary N) is 1. The van der Waals surface area contributed by atoms with E-state index in [0.29, 0.717) is 37.3 Å². The molecular weight excluding hydrogens is 552 g/mol. The second-order valence-electron chi connectivity index (χ2n) is 8.13. The van der Waals surface area contributed by atoms with Gasteiger partial charge in [-0.25, -0.2) is 9.48 Å². The van der Waals surface area contributed by atoms with Crippen LogP contribution in [-0.4, -0.2) is 26.4 Å². The fourth-order valence-corrected chi connectivity index (χ4v) is 4.35. The van der Waals surface area contributed by atoms with Crippen molar-refractivity contribution in [1.82, 2.24) is 14.3 Å². The van der Waals surface area contributed by atoms with Gasteiger partial charge in [0.2, 0.25) is 5.91 Å². The van der Waals surface area contributed by atoms with Crippen LogP contribution < -0.4 is 11.4 Å². The molecule has 0 unspecified atom stereocenters. The fraction of sp³-hybridized carbons (Fsp3) is 0.160. The predicted molar refractivity (Wildman–Crippen MR) is 137 cm³/mol. The van der Waals surface area contributed by atoms with E-state index < -0.39 is 30.7 Å². The molecule has 6 nitrogen and oxygen atoms in total. The summed E-state index contributed by atoms with van der Waals surface area (Å²) in [5.74, 6) is -0.721. The molecular formula is C25H18Cl3F3N4O2. The fourth-order valence-electron chi connectivity index (χ4n) is 3.82. The number of primary amides is 1. The molecule has 0 spiro atoms. The largest absolute Gasteiger partial charge is 0.390 e. The van der Waals surface area contributed by atoms with Crippen LogP contribution in [0.15, 0.2) is 65.5 Å². The van der Waals surface area contributed by atoms with Crippen LogP contribution in [-0.2, 0) is 13.1 Å². The van der Waals surface area contributed by atoms with Crippen LogP contribution in [0.25, 0.3) is 22.5 Å². The van der Waals surface area contributed by atoms with E-state index in [-0.39, 0.29) is 17.9 Å². The van der Waals surface area contributed by atoms with Crippen LogP contribution >= 0.6 is 34.8 Å². The lowest BCUT2D eigenvalue weighted by Gasteiger charge is -2.11. The highest BCUT2D eigenvalue weighted by Crippen LogP contribution is 2.34. The van der Waals surface area contributed by atoms with Crippen LogP contribution in [0.5, 0.6) is 0 Å². The minimum absolute atomic E-state index is 0.0283. The molecule has 0 saturated heterocycles. The summed E-state index contributed by atoms with van der Waals surface area (Å²) in [6.45, 7) is -0.871. The summed E-state index contributed by atoms with van der Waals surface area (Å²) in [7, 11) is 0. The maximum Gasteiger partial charge on any atom is 0.390 e. The lowest BCUT2D eigenvalue weighted by Crippen LogP contribution is -2.28. The third-order valence-corrected chi connectivity index (χ3v) is 6.67. The predicted octanol–water partition coefficient (Wildman–Crippen LogP) is 6.44. The highest BCUT2D eigenvalue weighted by Gasteiger charge is 2.28. The van der Waals surface area contributed by atoms with Crippen LogP contribution in [0.1, 0.15) is 22.3 Å². The van der Waals surface area contributed by atoms with Crippen LogP contribution in [0.2, 0.25) is 15.1 Å². The summed E-state index contributed by atoms with van der Waals surface area (Å²) in [6.07, 6.45) is -5.71. The Hall–Kier alpha value is -3.27. The third kappa shape index (κ3) is 6.01. The number of alkyl halides is 3. The van der Waals surface area contributed by atoms with Gasteiger partial charge in [-0.3, -0.25) is 9.36 Å². The van der Waals surface area contributed by atoms with E-state index in [1.165, 1.54) is 18.2 Å². The number of halogens is 6. The maximum absolute atomic E-state index is 13.2. The number of nitrogens with zero attached hydrogens (tertiary/aromatic N) is 3. The summed E-state index contributed by atoms with van der Waals surface area (Å²) >= 11 is 18.4. The van der Waals surface area contributed by atoms with Gasteiger partial charge in [-0.2, -0.15) is 13.2 Å². The summed E-state index contributed by atoms with van der Waals surface area (Å²) in [5, 5.41) is 5.33. The van der Waals surface area contributed by atoms with E-state index in [1.54, 1.807) is 42.5 Å². The zero-order valence-corrected chi connectivity index (χ0v) is 21.2. The summed E-state index contributed by atoms with van der Waals surface area (Å²) < 4.78 is 40.9. The Morgan fingerprint density at radius 1 is 0.973 bits per heavy atom. The van der Waals surface area contributed by atoms with Crippen molar-refractivity contribution in [2.75, 3.05) is 0 Å². The van der Waals surface area contributed by atoms with E-state index in [4.69, 9.17) is 40.5 Å². The van der Waals surface area contributed by atoms with Gasteiger partial charge in [0.05, 0.1) is 23.0 Å². The second kappa shape index (κ2) is 10.6. The van der Waals surface area contributed by atoms with Crippen molar-refractivity contribution in [3.63, 3.8) is 0 Å². The number of benzene rings is 3. The van der Waals surface area contributed by atoms with Crippen molar-refractivity contribution in [2.45, 2.75) is 25.7 Å². The molecule has 3 aromatic carbocycles. The molecule has 0 aliphatic heterocycles. The van der Waals surface area contributed by atoms with E-state index >= 15 is 0 Å². The number of carbonyl (C=O) groups excluding carboxylic acids is 1. The van der Waals surface area contributed by atoms with Crippen molar-refractivity contribution in [1.29, 1.82) is 0 Å². The zero-order chi connectivity index (χ0) is 26.9. The Morgan fingerprint density at radius 2 is 1.65 bits per heavy atom. The van der Waals surface area contributed by atoms with Gasteiger partial charge in [0.1, 0.15) is 0 Å². The van der Waals surface area contributed by atoms with E-state index in [9.17, 15) is 22.8 Å². The number of rotatable bonds is 7. The highest BCUT2D eigenvalue weighted by atomic mass is 35.5. The molecule has 1 heterocycles. The Bertz CT molecular complexity index is 1530. The van der Waals surface area contributed by atoms with Gasteiger partial charge >= 0.3 is 11.9 Å². The number of hydrogen-bond acceptors (Lipinski definition) is 3. The molecule has 0 saturated carbocycles. The molecule has 1 aromatic heterocycles. The molecule has 0 atom stereocenters. The Kier molecular flexibility index (Phi) is 7.68. The van der Waals surface area contributed by atoms with E-state index in [0.717, 1.165) is 9.25 Å². The number of aromatic nitrogens is 3. The van der Waals surface area contributed by atoms with Crippen LogP contribution in [0.4, 0.5) is 13.2 Å². The van der Waals surface area contributed by atoms with Gasteiger partial charge < -0.3 is 5.73 Å². The molecule has 37 heavy (non-hydrogen) atoms. The minimum atomic E-state index is -4.48. The lowest BCUT2D eigenvalue weighted by molar-refractivity contribution is -0.136. The van der Waals surface area contributed by atoms with Crippen LogP contribution in [0.3, 0.4) is 0 Å². The summed E-state index contributed by atoms with van der Waals surface area (Å²) in [4.78, 5) is 25.3. The molecule has 0 aliphatic rings. The molecule has 12 heteroatoms. The lowest BCUT2D eigenvalue weighted by atomic mass is 9.98. The first-order valence-electron chi connectivity index (χ1n) is 10.8. The van der Waals surface area contributed by atoms with E-state index in [1.807, 2.05) is 0 Å². The van der Waals surface area contributed by atoms with Gasteiger partial charge in [-0.15, -0.1) is 5.10 Å². The quantitative estimate of drug-likeness (QED) is 0.278. The molecule has 0 bridgehead atoms. The highest BCUT2D eigenvalue weighted by molar-refractivity contribution is 6.43. The average molecular weight is 570 g/mol.